The van der Waals surface area contributed by atoms with Crippen molar-refractivity contribution in [2.75, 3.05) is 0 Å². The van der Waals surface area contributed by atoms with Gasteiger partial charge in [-0.1, -0.05) is 19.8 Å². The quantitative estimate of drug-likeness (QED) is 0.857. The zero-order valence-electron chi connectivity index (χ0n) is 9.62. The van der Waals surface area contributed by atoms with Crippen LogP contribution in [0.1, 0.15) is 54.7 Å². The molecule has 2 rings (SSSR count). The van der Waals surface area contributed by atoms with Gasteiger partial charge in [-0.3, -0.25) is 0 Å². The molecule has 2 unspecified atom stereocenters. The maximum atomic E-state index is 5.87. The monoisotopic (exact) mass is 224 g/mol. The minimum absolute atomic E-state index is 0.102. The molecule has 2 nitrogen and oxygen atoms in total. The van der Waals surface area contributed by atoms with Crippen molar-refractivity contribution in [3.8, 4) is 0 Å². The van der Waals surface area contributed by atoms with Crippen molar-refractivity contribution in [3.63, 3.8) is 0 Å². The lowest BCUT2D eigenvalue weighted by Gasteiger charge is -2.20. The molecule has 0 aliphatic heterocycles. The molecule has 2 atom stereocenters. The molecule has 1 aromatic heterocycles. The summed E-state index contributed by atoms with van der Waals surface area (Å²) in [6, 6.07) is 0.102. The first-order chi connectivity index (χ1) is 7.20. The first-order valence-corrected chi connectivity index (χ1v) is 6.76. The number of nitrogens with zero attached hydrogens (tertiary/aromatic N) is 1. The zero-order valence-corrected chi connectivity index (χ0v) is 10.4. The molecule has 0 aromatic carbocycles. The highest BCUT2D eigenvalue weighted by atomic mass is 32.1. The third kappa shape index (κ3) is 2.40. The van der Waals surface area contributed by atoms with Crippen molar-refractivity contribution in [2.45, 2.75) is 52.0 Å². The molecule has 0 saturated heterocycles. The highest BCUT2D eigenvalue weighted by Crippen LogP contribution is 2.33. The van der Waals surface area contributed by atoms with E-state index in [2.05, 4.69) is 11.9 Å². The molecule has 0 amide bonds. The molecule has 1 aromatic rings. The van der Waals surface area contributed by atoms with Crippen LogP contribution in [0.25, 0.3) is 0 Å². The lowest BCUT2D eigenvalue weighted by molar-refractivity contribution is 0.423. The number of hydrogen-bond donors (Lipinski definition) is 1. The van der Waals surface area contributed by atoms with Crippen LogP contribution in [0.5, 0.6) is 0 Å². The predicted molar refractivity (Wildman–Crippen MR) is 65.1 cm³/mol. The average Bonchev–Trinajstić information content (AvgIpc) is 2.61. The lowest BCUT2D eigenvalue weighted by Crippen LogP contribution is -2.12. The largest absolute Gasteiger partial charge is 0.322 e. The van der Waals surface area contributed by atoms with Crippen molar-refractivity contribution in [1.29, 1.82) is 0 Å². The Labute approximate surface area is 95.9 Å². The van der Waals surface area contributed by atoms with Crippen LogP contribution in [-0.2, 0) is 12.8 Å². The van der Waals surface area contributed by atoms with E-state index in [9.17, 15) is 0 Å². The third-order valence-corrected chi connectivity index (χ3v) is 4.47. The second kappa shape index (κ2) is 4.62. The maximum absolute atomic E-state index is 5.87. The van der Waals surface area contributed by atoms with Crippen LogP contribution >= 0.6 is 11.3 Å². The molecule has 15 heavy (non-hydrogen) atoms. The van der Waals surface area contributed by atoms with Gasteiger partial charge in [-0.15, -0.1) is 11.3 Å². The first kappa shape index (κ1) is 11.1. The normalized spacial score (nSPS) is 22.5. The van der Waals surface area contributed by atoms with Crippen molar-refractivity contribution in [1.82, 2.24) is 4.98 Å². The zero-order chi connectivity index (χ0) is 10.8. The Bertz CT molecular complexity index is 330. The summed E-state index contributed by atoms with van der Waals surface area (Å²) in [6.07, 6.45) is 6.41. The minimum atomic E-state index is 0.102. The fraction of sp³-hybridized carbons (Fsp3) is 0.750. The number of nitrogens with two attached hydrogens (primary N) is 1. The molecule has 0 fully saturated rings. The molecule has 0 radical (unpaired) electrons. The summed E-state index contributed by atoms with van der Waals surface area (Å²) in [6.45, 7) is 4.30. The Kier molecular flexibility index (Phi) is 3.42. The van der Waals surface area contributed by atoms with E-state index in [1.807, 2.05) is 18.3 Å². The van der Waals surface area contributed by atoms with Crippen molar-refractivity contribution >= 4 is 11.3 Å². The fourth-order valence-corrected chi connectivity index (χ4v) is 3.49. The van der Waals surface area contributed by atoms with E-state index in [4.69, 9.17) is 5.73 Å². The van der Waals surface area contributed by atoms with Gasteiger partial charge >= 0.3 is 0 Å². The first-order valence-electron chi connectivity index (χ1n) is 5.94. The smallest absolute Gasteiger partial charge is 0.110 e. The SMILES string of the molecule is CCCC1CCc2nc(C(C)N)sc2C1. The molecule has 0 saturated carbocycles. The molecule has 1 heterocycles. The molecule has 0 spiro atoms. The molecule has 0 bridgehead atoms. The molecular formula is C12H20N2S. The van der Waals surface area contributed by atoms with Crippen LogP contribution in [0, 0.1) is 5.92 Å². The van der Waals surface area contributed by atoms with Crippen LogP contribution in [0.2, 0.25) is 0 Å². The lowest BCUT2D eigenvalue weighted by atomic mass is 9.88. The van der Waals surface area contributed by atoms with Crippen LogP contribution < -0.4 is 5.73 Å². The standard InChI is InChI=1S/C12H20N2S/c1-3-4-9-5-6-10-11(7-9)15-12(14-10)8(2)13/h8-9H,3-7,13H2,1-2H3. The van der Waals surface area contributed by atoms with E-state index in [0.29, 0.717) is 0 Å². The summed E-state index contributed by atoms with van der Waals surface area (Å²) in [5.41, 5.74) is 7.20. The van der Waals surface area contributed by atoms with Gasteiger partial charge in [0, 0.05) is 4.88 Å². The number of thiazole rings is 1. The molecule has 1 aliphatic rings. The predicted octanol–water partition coefficient (Wildman–Crippen LogP) is 3.07. The van der Waals surface area contributed by atoms with Gasteiger partial charge in [-0.25, -0.2) is 4.98 Å². The van der Waals surface area contributed by atoms with E-state index >= 15 is 0 Å². The Morgan fingerprint density at radius 3 is 3.07 bits per heavy atom. The Morgan fingerprint density at radius 1 is 1.60 bits per heavy atom. The van der Waals surface area contributed by atoms with Gasteiger partial charge in [-0.05, 0) is 32.1 Å². The van der Waals surface area contributed by atoms with Crippen LogP contribution in [0.15, 0.2) is 0 Å². The molecule has 1 aliphatic carbocycles. The number of aryl methyl sites for hydroxylation is 1. The second-order valence-corrected chi connectivity index (χ2v) is 5.72. The van der Waals surface area contributed by atoms with Gasteiger partial charge in [-0.2, -0.15) is 0 Å². The summed E-state index contributed by atoms with van der Waals surface area (Å²) in [4.78, 5) is 6.14. The number of hydrogen-bond acceptors (Lipinski definition) is 3. The Morgan fingerprint density at radius 2 is 2.40 bits per heavy atom. The van der Waals surface area contributed by atoms with Crippen LogP contribution in [-0.4, -0.2) is 4.98 Å². The molecule has 2 N–H and O–H groups in total. The van der Waals surface area contributed by atoms with Gasteiger partial charge in [0.15, 0.2) is 0 Å². The summed E-state index contributed by atoms with van der Waals surface area (Å²) in [7, 11) is 0. The molecule has 3 heteroatoms. The highest BCUT2D eigenvalue weighted by molar-refractivity contribution is 7.11. The second-order valence-electron chi connectivity index (χ2n) is 4.61. The topological polar surface area (TPSA) is 38.9 Å². The van der Waals surface area contributed by atoms with Crippen LogP contribution in [0.4, 0.5) is 0 Å². The van der Waals surface area contributed by atoms with Gasteiger partial charge < -0.3 is 5.73 Å². The Balaban J connectivity index is 2.12. The van der Waals surface area contributed by atoms with Crippen molar-refractivity contribution < 1.29 is 0 Å². The molecule has 84 valence electrons. The van der Waals surface area contributed by atoms with Gasteiger partial charge in [0.1, 0.15) is 5.01 Å². The Hall–Kier alpha value is -0.410. The average molecular weight is 224 g/mol. The number of rotatable bonds is 3. The highest BCUT2D eigenvalue weighted by Gasteiger charge is 2.22. The summed E-state index contributed by atoms with van der Waals surface area (Å²) in [5, 5.41) is 1.12. The van der Waals surface area contributed by atoms with E-state index in [1.165, 1.54) is 42.7 Å². The minimum Gasteiger partial charge on any atom is -0.322 e. The number of aromatic nitrogens is 1. The maximum Gasteiger partial charge on any atom is 0.110 e. The number of fused-ring (bicyclic) bond motifs is 1. The van der Waals surface area contributed by atoms with Gasteiger partial charge in [0.05, 0.1) is 11.7 Å². The third-order valence-electron chi connectivity index (χ3n) is 3.14. The van der Waals surface area contributed by atoms with E-state index in [-0.39, 0.29) is 6.04 Å². The fourth-order valence-electron chi connectivity index (χ4n) is 2.31. The van der Waals surface area contributed by atoms with Crippen LogP contribution in [0.3, 0.4) is 0 Å². The van der Waals surface area contributed by atoms with Gasteiger partial charge in [0.25, 0.3) is 0 Å². The molecular weight excluding hydrogens is 204 g/mol. The van der Waals surface area contributed by atoms with E-state index < -0.39 is 0 Å². The van der Waals surface area contributed by atoms with Gasteiger partial charge in [0.2, 0.25) is 0 Å². The van der Waals surface area contributed by atoms with Crippen molar-refractivity contribution in [3.05, 3.63) is 15.6 Å². The van der Waals surface area contributed by atoms with E-state index in [1.54, 1.807) is 0 Å². The van der Waals surface area contributed by atoms with E-state index in [0.717, 1.165) is 10.9 Å². The summed E-state index contributed by atoms with van der Waals surface area (Å²) >= 11 is 1.84. The summed E-state index contributed by atoms with van der Waals surface area (Å²) < 4.78 is 0. The van der Waals surface area contributed by atoms with Crippen molar-refractivity contribution in [2.24, 2.45) is 11.7 Å². The summed E-state index contributed by atoms with van der Waals surface area (Å²) in [5.74, 6) is 0.892.